The molecule has 2 rings (SSSR count). The van der Waals surface area contributed by atoms with E-state index in [1.807, 2.05) is 0 Å². The molecule has 22 heavy (non-hydrogen) atoms. The Labute approximate surface area is 136 Å². The average Bonchev–Trinajstić information content (AvgIpc) is 2.55. The quantitative estimate of drug-likeness (QED) is 0.768. The van der Waals surface area contributed by atoms with E-state index in [2.05, 4.69) is 6.92 Å². The fraction of sp³-hybridized carbons (Fsp3) is 0.533. The van der Waals surface area contributed by atoms with Crippen LogP contribution in [0.1, 0.15) is 30.6 Å². The van der Waals surface area contributed by atoms with Crippen LogP contribution in [0.25, 0.3) is 0 Å². The Morgan fingerprint density at radius 2 is 2.09 bits per heavy atom. The van der Waals surface area contributed by atoms with Gasteiger partial charge in [0.15, 0.2) is 0 Å². The van der Waals surface area contributed by atoms with Crippen molar-refractivity contribution in [3.8, 4) is 0 Å². The summed E-state index contributed by atoms with van der Waals surface area (Å²) >= 11 is 1.80. The molecule has 0 aliphatic carbocycles. The first-order valence-electron chi connectivity index (χ1n) is 7.38. The Hall–Kier alpha value is -1.05. The van der Waals surface area contributed by atoms with Crippen molar-refractivity contribution in [1.29, 1.82) is 0 Å². The molecule has 0 radical (unpaired) electrons. The minimum atomic E-state index is -3.68. The standard InChI is InChI=1S/C15H21NO4S2/c1-3-12-11-16(9-10-21-12)22(18,19)14-8-6-5-7-13(14)15(17)20-4-2/h5-8,12H,3-4,9-11H2,1-2H3/t12-/m1/s1. The fourth-order valence-corrected chi connectivity index (χ4v) is 5.42. The first kappa shape index (κ1) is 17.3. The lowest BCUT2D eigenvalue weighted by Crippen LogP contribution is -2.42. The lowest BCUT2D eigenvalue weighted by Gasteiger charge is -2.31. The van der Waals surface area contributed by atoms with Crippen LogP contribution in [0.5, 0.6) is 0 Å². The minimum absolute atomic E-state index is 0.0372. The van der Waals surface area contributed by atoms with Gasteiger partial charge in [-0.1, -0.05) is 19.1 Å². The number of ether oxygens (including phenoxy) is 1. The SMILES string of the molecule is CCOC(=O)c1ccccc1S(=O)(=O)N1CCS[C@H](CC)C1. The van der Waals surface area contributed by atoms with E-state index in [1.165, 1.54) is 16.4 Å². The van der Waals surface area contributed by atoms with Crippen LogP contribution in [0.15, 0.2) is 29.2 Å². The van der Waals surface area contributed by atoms with Gasteiger partial charge in [-0.3, -0.25) is 0 Å². The zero-order valence-corrected chi connectivity index (χ0v) is 14.5. The zero-order chi connectivity index (χ0) is 16.2. The molecule has 0 aromatic heterocycles. The van der Waals surface area contributed by atoms with Crippen LogP contribution >= 0.6 is 11.8 Å². The van der Waals surface area contributed by atoms with Crippen molar-refractivity contribution >= 4 is 27.8 Å². The molecule has 122 valence electrons. The molecule has 1 atom stereocenters. The predicted octanol–water partition coefficient (Wildman–Crippen LogP) is 2.38. The van der Waals surface area contributed by atoms with E-state index in [1.54, 1.807) is 30.8 Å². The lowest BCUT2D eigenvalue weighted by molar-refractivity contribution is 0.0521. The van der Waals surface area contributed by atoms with Crippen LogP contribution < -0.4 is 0 Å². The molecule has 1 aromatic carbocycles. The molecular weight excluding hydrogens is 322 g/mol. The molecule has 7 heteroatoms. The number of hydrogen-bond acceptors (Lipinski definition) is 5. The molecular formula is C15H21NO4S2. The summed E-state index contributed by atoms with van der Waals surface area (Å²) in [5.41, 5.74) is 0.107. The highest BCUT2D eigenvalue weighted by Crippen LogP contribution is 2.27. The van der Waals surface area contributed by atoms with Crippen LogP contribution in [0.4, 0.5) is 0 Å². The van der Waals surface area contributed by atoms with Crippen molar-refractivity contribution in [3.63, 3.8) is 0 Å². The minimum Gasteiger partial charge on any atom is -0.462 e. The Kier molecular flexibility index (Phi) is 5.88. The Morgan fingerprint density at radius 3 is 2.77 bits per heavy atom. The van der Waals surface area contributed by atoms with Gasteiger partial charge in [-0.2, -0.15) is 16.1 Å². The maximum atomic E-state index is 12.9. The van der Waals surface area contributed by atoms with E-state index in [0.717, 1.165) is 12.2 Å². The van der Waals surface area contributed by atoms with Crippen LogP contribution in [-0.2, 0) is 14.8 Å². The van der Waals surface area contributed by atoms with Crippen molar-refractivity contribution in [1.82, 2.24) is 4.31 Å². The van der Waals surface area contributed by atoms with Gasteiger partial charge in [0.25, 0.3) is 0 Å². The van der Waals surface area contributed by atoms with Gasteiger partial charge in [-0.15, -0.1) is 0 Å². The molecule has 1 aliphatic rings. The molecule has 5 nitrogen and oxygen atoms in total. The van der Waals surface area contributed by atoms with Gasteiger partial charge in [-0.05, 0) is 25.5 Å². The molecule has 1 aliphatic heterocycles. The fourth-order valence-electron chi connectivity index (χ4n) is 2.37. The number of esters is 1. The maximum absolute atomic E-state index is 12.9. The largest absolute Gasteiger partial charge is 0.462 e. The van der Waals surface area contributed by atoms with Gasteiger partial charge in [0.2, 0.25) is 10.0 Å². The number of carbonyl (C=O) groups excluding carboxylic acids is 1. The number of benzene rings is 1. The predicted molar refractivity (Wildman–Crippen MR) is 87.7 cm³/mol. The third kappa shape index (κ3) is 3.64. The summed E-state index contributed by atoms with van der Waals surface area (Å²) < 4.78 is 32.2. The smallest absolute Gasteiger partial charge is 0.339 e. The number of rotatable bonds is 5. The highest BCUT2D eigenvalue weighted by molar-refractivity contribution is 8.00. The third-order valence-electron chi connectivity index (χ3n) is 3.56. The summed E-state index contributed by atoms with van der Waals surface area (Å²) in [5, 5.41) is 0.304. The molecule has 0 bridgehead atoms. The van der Waals surface area contributed by atoms with E-state index < -0.39 is 16.0 Å². The summed E-state index contributed by atoms with van der Waals surface area (Å²) in [4.78, 5) is 12.0. The number of nitrogens with zero attached hydrogens (tertiary/aromatic N) is 1. The summed E-state index contributed by atoms with van der Waals surface area (Å²) in [6.45, 7) is 4.93. The highest BCUT2D eigenvalue weighted by Gasteiger charge is 2.32. The molecule has 0 unspecified atom stereocenters. The van der Waals surface area contributed by atoms with Gasteiger partial charge in [0.05, 0.1) is 17.1 Å². The van der Waals surface area contributed by atoms with Crippen LogP contribution in [-0.4, -0.2) is 49.4 Å². The van der Waals surface area contributed by atoms with Crippen molar-refractivity contribution in [2.75, 3.05) is 25.4 Å². The second-order valence-corrected chi connectivity index (χ2v) is 8.30. The van der Waals surface area contributed by atoms with E-state index in [-0.39, 0.29) is 17.1 Å². The zero-order valence-electron chi connectivity index (χ0n) is 12.8. The second-order valence-electron chi connectivity index (χ2n) is 4.98. The lowest BCUT2D eigenvalue weighted by atomic mass is 10.2. The summed E-state index contributed by atoms with van der Waals surface area (Å²) in [5.74, 6) is 0.180. The first-order chi connectivity index (χ1) is 10.5. The summed E-state index contributed by atoms with van der Waals surface area (Å²) in [6, 6.07) is 6.25. The molecule has 0 N–H and O–H groups in total. The molecule has 0 spiro atoms. The molecule has 1 aromatic rings. The Balaban J connectivity index is 2.35. The van der Waals surface area contributed by atoms with Crippen molar-refractivity contribution in [2.45, 2.75) is 30.4 Å². The van der Waals surface area contributed by atoms with Crippen molar-refractivity contribution in [2.24, 2.45) is 0 Å². The van der Waals surface area contributed by atoms with Crippen LogP contribution in [0.3, 0.4) is 0 Å². The van der Waals surface area contributed by atoms with E-state index in [0.29, 0.717) is 18.3 Å². The van der Waals surface area contributed by atoms with Crippen molar-refractivity contribution < 1.29 is 17.9 Å². The normalized spacial score (nSPS) is 19.8. The molecule has 0 amide bonds. The average molecular weight is 343 g/mol. The maximum Gasteiger partial charge on any atom is 0.339 e. The highest BCUT2D eigenvalue weighted by atomic mass is 32.2. The summed E-state index contributed by atoms with van der Waals surface area (Å²) in [7, 11) is -3.68. The number of sulfonamides is 1. The third-order valence-corrected chi connectivity index (χ3v) is 6.85. The first-order valence-corrected chi connectivity index (χ1v) is 9.87. The van der Waals surface area contributed by atoms with Crippen molar-refractivity contribution in [3.05, 3.63) is 29.8 Å². The van der Waals surface area contributed by atoms with Gasteiger partial charge < -0.3 is 4.74 Å². The Morgan fingerprint density at radius 1 is 1.36 bits per heavy atom. The molecule has 1 saturated heterocycles. The number of thioether (sulfide) groups is 1. The number of hydrogen-bond donors (Lipinski definition) is 0. The molecule has 0 saturated carbocycles. The van der Waals surface area contributed by atoms with Gasteiger partial charge >= 0.3 is 5.97 Å². The molecule has 1 fully saturated rings. The number of carbonyl (C=O) groups is 1. The van der Waals surface area contributed by atoms with Crippen LogP contribution in [0, 0.1) is 0 Å². The topological polar surface area (TPSA) is 63.7 Å². The van der Waals surface area contributed by atoms with E-state index in [9.17, 15) is 13.2 Å². The summed E-state index contributed by atoms with van der Waals surface area (Å²) in [6.07, 6.45) is 0.927. The molecule has 1 heterocycles. The van der Waals surface area contributed by atoms with E-state index in [4.69, 9.17) is 4.74 Å². The monoisotopic (exact) mass is 343 g/mol. The second kappa shape index (κ2) is 7.48. The van der Waals surface area contributed by atoms with E-state index >= 15 is 0 Å². The van der Waals surface area contributed by atoms with Gasteiger partial charge in [0.1, 0.15) is 0 Å². The van der Waals surface area contributed by atoms with Gasteiger partial charge in [-0.25, -0.2) is 13.2 Å². The van der Waals surface area contributed by atoms with Crippen LogP contribution in [0.2, 0.25) is 0 Å². The Bertz CT molecular complexity index is 630. The van der Waals surface area contributed by atoms with Gasteiger partial charge in [0, 0.05) is 24.1 Å².